The first kappa shape index (κ1) is 21.5. The number of nitriles is 1. The van der Waals surface area contributed by atoms with Gasteiger partial charge in [-0.3, -0.25) is 9.69 Å². The molecule has 6 nitrogen and oxygen atoms in total. The van der Waals surface area contributed by atoms with Crippen molar-refractivity contribution in [1.29, 1.82) is 5.26 Å². The number of anilines is 2. The molecule has 158 valence electrons. The molecule has 1 aliphatic rings. The van der Waals surface area contributed by atoms with Gasteiger partial charge < -0.3 is 15.0 Å². The molecule has 0 aliphatic carbocycles. The molecule has 1 saturated heterocycles. The molecule has 3 rings (SSSR count). The predicted octanol–water partition coefficient (Wildman–Crippen LogP) is 3.61. The lowest BCUT2D eigenvalue weighted by atomic mass is 10.2. The maximum Gasteiger partial charge on any atom is 0.573 e. The zero-order chi connectivity index (χ0) is 21.6. The first-order valence-electron chi connectivity index (χ1n) is 9.45. The monoisotopic (exact) mass is 418 g/mol. The first-order valence-corrected chi connectivity index (χ1v) is 9.45. The van der Waals surface area contributed by atoms with Gasteiger partial charge in [0.2, 0.25) is 5.91 Å². The first-order chi connectivity index (χ1) is 14.3. The summed E-state index contributed by atoms with van der Waals surface area (Å²) in [6.07, 6.45) is -3.86. The Labute approximate surface area is 172 Å². The number of benzene rings is 2. The number of hydrogen-bond donors (Lipinski definition) is 1. The van der Waals surface area contributed by atoms with Crippen LogP contribution in [-0.4, -0.2) is 49.9 Å². The molecule has 2 aromatic carbocycles. The number of halogens is 3. The highest BCUT2D eigenvalue weighted by molar-refractivity contribution is 5.92. The fourth-order valence-corrected chi connectivity index (χ4v) is 3.28. The van der Waals surface area contributed by atoms with Crippen LogP contribution in [0.3, 0.4) is 0 Å². The van der Waals surface area contributed by atoms with Gasteiger partial charge in [0.1, 0.15) is 5.75 Å². The summed E-state index contributed by atoms with van der Waals surface area (Å²) >= 11 is 0. The van der Waals surface area contributed by atoms with Crippen LogP contribution in [-0.2, 0) is 4.79 Å². The van der Waals surface area contributed by atoms with Gasteiger partial charge in [0.15, 0.2) is 0 Å². The van der Waals surface area contributed by atoms with Crippen LogP contribution < -0.4 is 15.0 Å². The number of carbonyl (C=O) groups is 1. The molecule has 0 radical (unpaired) electrons. The average molecular weight is 418 g/mol. The highest BCUT2D eigenvalue weighted by atomic mass is 19.4. The fraction of sp³-hybridized carbons (Fsp3) is 0.333. The van der Waals surface area contributed by atoms with Crippen molar-refractivity contribution >= 4 is 17.3 Å². The molecule has 0 aromatic heterocycles. The Bertz CT molecular complexity index is 892. The lowest BCUT2D eigenvalue weighted by Gasteiger charge is -2.23. The van der Waals surface area contributed by atoms with Gasteiger partial charge in [-0.05, 0) is 55.0 Å². The van der Waals surface area contributed by atoms with Crippen LogP contribution in [0.1, 0.15) is 12.0 Å². The Morgan fingerprint density at radius 1 is 1.03 bits per heavy atom. The smallest absolute Gasteiger partial charge is 0.406 e. The summed E-state index contributed by atoms with van der Waals surface area (Å²) in [6.45, 7) is 3.26. The molecule has 0 saturated carbocycles. The van der Waals surface area contributed by atoms with E-state index in [1.807, 2.05) is 17.0 Å². The van der Waals surface area contributed by atoms with Gasteiger partial charge in [-0.2, -0.15) is 5.26 Å². The average Bonchev–Trinajstić information content (AvgIpc) is 2.94. The summed E-state index contributed by atoms with van der Waals surface area (Å²) < 4.78 is 40.4. The molecule has 0 spiro atoms. The van der Waals surface area contributed by atoms with E-state index in [-0.39, 0.29) is 18.2 Å². The SMILES string of the molecule is N#Cc1ccc(N2CCCN(CC(=O)Nc3ccc(OC(F)(F)F)cc3)CC2)cc1. The van der Waals surface area contributed by atoms with E-state index in [2.05, 4.69) is 21.0 Å². The Hall–Kier alpha value is -3.25. The van der Waals surface area contributed by atoms with Crippen molar-refractivity contribution in [3.05, 3.63) is 54.1 Å². The van der Waals surface area contributed by atoms with Crippen LogP contribution in [0.4, 0.5) is 24.5 Å². The zero-order valence-electron chi connectivity index (χ0n) is 16.2. The molecule has 9 heteroatoms. The summed E-state index contributed by atoms with van der Waals surface area (Å²) in [5.74, 6) is -0.567. The van der Waals surface area contributed by atoms with Gasteiger partial charge >= 0.3 is 6.36 Å². The number of ether oxygens (including phenoxy) is 1. The molecule has 0 unspecified atom stereocenters. The highest BCUT2D eigenvalue weighted by Gasteiger charge is 2.31. The molecule has 1 amide bonds. The van der Waals surface area contributed by atoms with Gasteiger partial charge in [0.25, 0.3) is 0 Å². The van der Waals surface area contributed by atoms with Crippen molar-refractivity contribution in [1.82, 2.24) is 4.90 Å². The van der Waals surface area contributed by atoms with E-state index in [4.69, 9.17) is 5.26 Å². The number of amides is 1. The van der Waals surface area contributed by atoms with Crippen molar-refractivity contribution in [2.75, 3.05) is 42.9 Å². The van der Waals surface area contributed by atoms with Crippen LogP contribution in [0.15, 0.2) is 48.5 Å². The van der Waals surface area contributed by atoms with E-state index in [0.29, 0.717) is 17.8 Å². The van der Waals surface area contributed by atoms with Gasteiger partial charge in [-0.25, -0.2) is 0 Å². The molecule has 30 heavy (non-hydrogen) atoms. The van der Waals surface area contributed by atoms with Gasteiger partial charge in [-0.1, -0.05) is 0 Å². The lowest BCUT2D eigenvalue weighted by molar-refractivity contribution is -0.274. The third-order valence-corrected chi connectivity index (χ3v) is 4.69. The van der Waals surface area contributed by atoms with Crippen molar-refractivity contribution in [2.45, 2.75) is 12.8 Å². The number of rotatable bonds is 5. The summed E-state index contributed by atoms with van der Waals surface area (Å²) in [5.41, 5.74) is 2.06. The minimum atomic E-state index is -4.75. The standard InChI is InChI=1S/C21H21F3N4O2/c22-21(23,24)30-19-8-4-17(5-9-19)26-20(29)15-27-10-1-11-28(13-12-27)18-6-2-16(14-25)3-7-18/h2-9H,1,10-13,15H2,(H,26,29). The highest BCUT2D eigenvalue weighted by Crippen LogP contribution is 2.24. The predicted molar refractivity (Wildman–Crippen MR) is 106 cm³/mol. The summed E-state index contributed by atoms with van der Waals surface area (Å²) in [4.78, 5) is 16.6. The summed E-state index contributed by atoms with van der Waals surface area (Å²) in [6, 6.07) is 14.6. The maximum atomic E-state index is 12.3. The quantitative estimate of drug-likeness (QED) is 0.804. The molecule has 0 bridgehead atoms. The van der Waals surface area contributed by atoms with E-state index < -0.39 is 6.36 Å². The van der Waals surface area contributed by atoms with E-state index in [1.54, 1.807) is 12.1 Å². The molecular weight excluding hydrogens is 397 g/mol. The second-order valence-electron chi connectivity index (χ2n) is 6.90. The summed E-state index contributed by atoms with van der Waals surface area (Å²) in [5, 5.41) is 11.6. The second kappa shape index (κ2) is 9.50. The molecule has 1 aliphatic heterocycles. The molecule has 1 fully saturated rings. The van der Waals surface area contributed by atoms with E-state index in [9.17, 15) is 18.0 Å². The molecule has 0 atom stereocenters. The number of nitrogens with zero attached hydrogens (tertiary/aromatic N) is 3. The van der Waals surface area contributed by atoms with Gasteiger partial charge in [0, 0.05) is 37.6 Å². The minimum absolute atomic E-state index is 0.196. The van der Waals surface area contributed by atoms with Crippen molar-refractivity contribution in [3.63, 3.8) is 0 Å². The van der Waals surface area contributed by atoms with E-state index in [1.165, 1.54) is 12.1 Å². The van der Waals surface area contributed by atoms with Crippen molar-refractivity contribution in [3.8, 4) is 11.8 Å². The van der Waals surface area contributed by atoms with E-state index >= 15 is 0 Å². The Kier molecular flexibility index (Phi) is 6.79. The Morgan fingerprint density at radius 3 is 2.37 bits per heavy atom. The van der Waals surface area contributed by atoms with Crippen molar-refractivity contribution < 1.29 is 22.7 Å². The number of carbonyl (C=O) groups excluding carboxylic acids is 1. The van der Waals surface area contributed by atoms with Crippen LogP contribution in [0.25, 0.3) is 0 Å². The Morgan fingerprint density at radius 2 is 1.73 bits per heavy atom. The maximum absolute atomic E-state index is 12.3. The fourth-order valence-electron chi connectivity index (χ4n) is 3.28. The van der Waals surface area contributed by atoms with Crippen LogP contribution in [0.5, 0.6) is 5.75 Å². The molecule has 1 heterocycles. The van der Waals surface area contributed by atoms with Crippen LogP contribution in [0.2, 0.25) is 0 Å². The van der Waals surface area contributed by atoms with Crippen LogP contribution in [0, 0.1) is 11.3 Å². The van der Waals surface area contributed by atoms with Gasteiger partial charge in [-0.15, -0.1) is 13.2 Å². The number of alkyl halides is 3. The van der Waals surface area contributed by atoms with Crippen LogP contribution >= 0.6 is 0 Å². The Balaban J connectivity index is 1.49. The second-order valence-corrected chi connectivity index (χ2v) is 6.90. The van der Waals surface area contributed by atoms with Gasteiger partial charge in [0.05, 0.1) is 18.2 Å². The minimum Gasteiger partial charge on any atom is -0.406 e. The molecule has 2 aromatic rings. The largest absolute Gasteiger partial charge is 0.573 e. The normalized spacial score (nSPS) is 15.2. The molecular formula is C21H21F3N4O2. The number of nitrogens with one attached hydrogen (secondary N) is 1. The number of hydrogen-bond acceptors (Lipinski definition) is 5. The molecule has 1 N–H and O–H groups in total. The van der Waals surface area contributed by atoms with E-state index in [0.717, 1.165) is 43.9 Å². The van der Waals surface area contributed by atoms with Crippen molar-refractivity contribution in [2.24, 2.45) is 0 Å². The lowest BCUT2D eigenvalue weighted by Crippen LogP contribution is -2.36. The third kappa shape index (κ3) is 6.39. The topological polar surface area (TPSA) is 68.6 Å². The summed E-state index contributed by atoms with van der Waals surface area (Å²) in [7, 11) is 0. The zero-order valence-corrected chi connectivity index (χ0v) is 16.2. The third-order valence-electron chi connectivity index (χ3n) is 4.69.